The summed E-state index contributed by atoms with van der Waals surface area (Å²) in [6, 6.07) is 21.6. The minimum absolute atomic E-state index is 0.211. The van der Waals surface area contributed by atoms with Crippen molar-refractivity contribution < 1.29 is 24.2 Å². The van der Waals surface area contributed by atoms with Gasteiger partial charge < -0.3 is 14.6 Å². The minimum Gasteiger partial charge on any atom is -0.489 e. The molecule has 0 radical (unpaired) electrons. The number of hydrogen-bond acceptors (Lipinski definition) is 6. The van der Waals surface area contributed by atoms with Gasteiger partial charge in [0, 0.05) is 5.56 Å². The van der Waals surface area contributed by atoms with Crippen LogP contribution in [0.5, 0.6) is 11.5 Å². The predicted molar refractivity (Wildman–Crippen MR) is 145 cm³/mol. The van der Waals surface area contributed by atoms with Gasteiger partial charge in [-0.15, -0.1) is 0 Å². The first-order valence-corrected chi connectivity index (χ1v) is 12.5. The van der Waals surface area contributed by atoms with Gasteiger partial charge in [-0.3, -0.25) is 14.5 Å². The molecule has 1 saturated heterocycles. The average Bonchev–Trinajstić information content (AvgIpc) is 3.11. The molecule has 0 aromatic heterocycles. The first-order valence-electron chi connectivity index (χ1n) is 11.3. The molecule has 0 aliphatic carbocycles. The average molecular weight is 520 g/mol. The normalized spacial score (nSPS) is 14.4. The van der Waals surface area contributed by atoms with Crippen molar-refractivity contribution in [2.75, 3.05) is 6.54 Å². The Kier molecular flexibility index (Phi) is 8.07. The van der Waals surface area contributed by atoms with Crippen LogP contribution in [0.1, 0.15) is 27.8 Å². The van der Waals surface area contributed by atoms with Crippen molar-refractivity contribution in [3.05, 3.63) is 99.5 Å². The number of carbonyl (C=O) groups is 2. The standard InChI is InChI=1S/C28H25NO5S2/c1-18-3-7-20(8-4-18)16-33-23-11-12-24(34-17-21-9-5-19(2)6-10-21)22(13-23)14-25-27(32)29(15-26(30)31)28(35)36-25/h3-14H,15-17H2,1-2H3,(H,30,31)/b25-14-. The van der Waals surface area contributed by atoms with Gasteiger partial charge in [-0.1, -0.05) is 83.6 Å². The molecule has 0 spiro atoms. The van der Waals surface area contributed by atoms with Crippen LogP contribution in [0, 0.1) is 13.8 Å². The van der Waals surface area contributed by atoms with E-state index in [4.69, 9.17) is 26.8 Å². The van der Waals surface area contributed by atoms with Crippen molar-refractivity contribution in [1.29, 1.82) is 0 Å². The minimum atomic E-state index is -1.12. The van der Waals surface area contributed by atoms with E-state index < -0.39 is 18.4 Å². The van der Waals surface area contributed by atoms with Crippen LogP contribution in [0.4, 0.5) is 0 Å². The van der Waals surface area contributed by atoms with E-state index in [2.05, 4.69) is 0 Å². The van der Waals surface area contributed by atoms with Gasteiger partial charge in [0.2, 0.25) is 0 Å². The molecule has 3 aromatic carbocycles. The predicted octanol–water partition coefficient (Wildman–Crippen LogP) is 5.75. The number of amides is 1. The van der Waals surface area contributed by atoms with Crippen LogP contribution in [-0.2, 0) is 22.8 Å². The van der Waals surface area contributed by atoms with E-state index in [1.54, 1.807) is 6.08 Å². The number of aryl methyl sites for hydroxylation is 2. The monoisotopic (exact) mass is 519 g/mol. The molecule has 8 heteroatoms. The second kappa shape index (κ2) is 11.4. The van der Waals surface area contributed by atoms with Crippen LogP contribution in [-0.4, -0.2) is 32.7 Å². The van der Waals surface area contributed by atoms with Gasteiger partial charge in [0.05, 0.1) is 4.91 Å². The van der Waals surface area contributed by atoms with Crippen molar-refractivity contribution in [2.24, 2.45) is 0 Å². The molecule has 1 fully saturated rings. The fourth-order valence-electron chi connectivity index (χ4n) is 3.47. The lowest BCUT2D eigenvalue weighted by Crippen LogP contribution is -2.33. The Hall–Kier alpha value is -3.62. The highest BCUT2D eigenvalue weighted by molar-refractivity contribution is 8.26. The molecule has 0 bridgehead atoms. The molecule has 1 amide bonds. The van der Waals surface area contributed by atoms with E-state index in [-0.39, 0.29) is 4.32 Å². The molecule has 1 N–H and O–H groups in total. The van der Waals surface area contributed by atoms with Crippen molar-refractivity contribution >= 4 is 46.3 Å². The van der Waals surface area contributed by atoms with E-state index in [9.17, 15) is 9.59 Å². The lowest BCUT2D eigenvalue weighted by Gasteiger charge is -2.13. The summed E-state index contributed by atoms with van der Waals surface area (Å²) >= 11 is 6.30. The van der Waals surface area contributed by atoms with Crippen LogP contribution in [0.25, 0.3) is 6.08 Å². The first-order chi connectivity index (χ1) is 17.3. The molecular formula is C28H25NO5S2. The summed E-state index contributed by atoms with van der Waals surface area (Å²) in [7, 11) is 0. The van der Waals surface area contributed by atoms with Gasteiger partial charge in [0.15, 0.2) is 0 Å². The number of ether oxygens (including phenoxy) is 2. The summed E-state index contributed by atoms with van der Waals surface area (Å²) in [5.41, 5.74) is 5.03. The quantitative estimate of drug-likeness (QED) is 0.285. The number of carboxylic acids is 1. The third-order valence-electron chi connectivity index (χ3n) is 5.48. The van der Waals surface area contributed by atoms with Crippen LogP contribution in [0.3, 0.4) is 0 Å². The molecule has 184 valence electrons. The number of rotatable bonds is 9. The molecule has 0 saturated carbocycles. The van der Waals surface area contributed by atoms with Gasteiger partial charge in [0.25, 0.3) is 5.91 Å². The molecule has 36 heavy (non-hydrogen) atoms. The van der Waals surface area contributed by atoms with E-state index in [1.807, 2.05) is 80.6 Å². The Balaban J connectivity index is 1.59. The summed E-state index contributed by atoms with van der Waals surface area (Å²) in [6.07, 6.45) is 1.67. The molecular weight excluding hydrogens is 494 g/mol. The smallest absolute Gasteiger partial charge is 0.323 e. The van der Waals surface area contributed by atoms with Crippen molar-refractivity contribution in [3.8, 4) is 11.5 Å². The van der Waals surface area contributed by atoms with Crippen LogP contribution < -0.4 is 9.47 Å². The van der Waals surface area contributed by atoms with Gasteiger partial charge in [-0.05, 0) is 49.2 Å². The maximum absolute atomic E-state index is 12.8. The molecule has 1 heterocycles. The largest absolute Gasteiger partial charge is 0.489 e. The Morgan fingerprint density at radius 2 is 1.53 bits per heavy atom. The number of thiocarbonyl (C=S) groups is 1. The SMILES string of the molecule is Cc1ccc(COc2ccc(OCc3ccc(C)cc3)c(/C=C3\SC(=S)N(CC(=O)O)C3=O)c2)cc1. The van der Waals surface area contributed by atoms with Gasteiger partial charge in [0.1, 0.15) is 35.6 Å². The number of carbonyl (C=O) groups excluding carboxylic acids is 1. The topological polar surface area (TPSA) is 76.1 Å². The Morgan fingerprint density at radius 3 is 2.11 bits per heavy atom. The molecule has 0 atom stereocenters. The number of nitrogens with zero attached hydrogens (tertiary/aromatic N) is 1. The third kappa shape index (κ3) is 6.53. The van der Waals surface area contributed by atoms with Gasteiger partial charge in [-0.2, -0.15) is 0 Å². The number of thioether (sulfide) groups is 1. The van der Waals surface area contributed by atoms with Crippen LogP contribution >= 0.6 is 24.0 Å². The van der Waals surface area contributed by atoms with Gasteiger partial charge >= 0.3 is 5.97 Å². The molecule has 1 aliphatic heterocycles. The summed E-state index contributed by atoms with van der Waals surface area (Å²) in [6.45, 7) is 4.33. The fraction of sp³-hybridized carbons (Fsp3) is 0.179. The number of hydrogen-bond donors (Lipinski definition) is 1. The molecule has 1 aliphatic rings. The van der Waals surface area contributed by atoms with Crippen molar-refractivity contribution in [2.45, 2.75) is 27.1 Å². The second-order valence-corrected chi connectivity index (χ2v) is 10.1. The fourth-order valence-corrected chi connectivity index (χ4v) is 4.72. The Morgan fingerprint density at radius 1 is 0.944 bits per heavy atom. The third-order valence-corrected chi connectivity index (χ3v) is 6.85. The highest BCUT2D eigenvalue weighted by atomic mass is 32.2. The summed E-state index contributed by atoms with van der Waals surface area (Å²) < 4.78 is 12.3. The lowest BCUT2D eigenvalue weighted by atomic mass is 10.1. The summed E-state index contributed by atoms with van der Waals surface area (Å²) in [5.74, 6) is -0.378. The maximum Gasteiger partial charge on any atom is 0.323 e. The summed E-state index contributed by atoms with van der Waals surface area (Å²) in [4.78, 5) is 25.4. The zero-order chi connectivity index (χ0) is 25.7. The van der Waals surface area contributed by atoms with E-state index in [0.29, 0.717) is 35.2 Å². The van der Waals surface area contributed by atoms with Crippen molar-refractivity contribution in [1.82, 2.24) is 4.90 Å². The lowest BCUT2D eigenvalue weighted by molar-refractivity contribution is -0.140. The Labute approximate surface area is 219 Å². The Bertz CT molecular complexity index is 1320. The number of carboxylic acid groups (broad SMARTS) is 1. The summed E-state index contributed by atoms with van der Waals surface area (Å²) in [5, 5.41) is 9.11. The first kappa shape index (κ1) is 25.5. The molecule has 0 unspecified atom stereocenters. The second-order valence-electron chi connectivity index (χ2n) is 8.41. The van der Waals surface area contributed by atoms with Crippen LogP contribution in [0.15, 0.2) is 71.6 Å². The highest BCUT2D eigenvalue weighted by Crippen LogP contribution is 2.35. The van der Waals surface area contributed by atoms with E-state index >= 15 is 0 Å². The highest BCUT2D eigenvalue weighted by Gasteiger charge is 2.33. The maximum atomic E-state index is 12.8. The molecule has 6 nitrogen and oxygen atoms in total. The zero-order valence-corrected chi connectivity index (χ0v) is 21.5. The van der Waals surface area contributed by atoms with E-state index in [0.717, 1.165) is 33.4 Å². The van der Waals surface area contributed by atoms with Crippen molar-refractivity contribution in [3.63, 3.8) is 0 Å². The zero-order valence-electron chi connectivity index (χ0n) is 19.9. The molecule has 3 aromatic rings. The molecule has 4 rings (SSSR count). The van der Waals surface area contributed by atoms with Crippen LogP contribution in [0.2, 0.25) is 0 Å². The van der Waals surface area contributed by atoms with E-state index in [1.165, 1.54) is 5.56 Å². The number of aliphatic carboxylic acids is 1. The number of benzene rings is 3. The van der Waals surface area contributed by atoms with Gasteiger partial charge in [-0.25, -0.2) is 0 Å².